The lowest BCUT2D eigenvalue weighted by atomic mass is 9.86. The van der Waals surface area contributed by atoms with Crippen molar-refractivity contribution in [2.75, 3.05) is 19.6 Å². The molecular weight excluding hydrogens is 376 g/mol. The number of rotatable bonds is 5. The molecule has 158 valence electrons. The van der Waals surface area contributed by atoms with Gasteiger partial charge >= 0.3 is 0 Å². The number of aromatic amines is 1. The maximum Gasteiger partial charge on any atom is 0.163 e. The molecular formula is C23H30N6O. The van der Waals surface area contributed by atoms with Gasteiger partial charge in [0.1, 0.15) is 0 Å². The second kappa shape index (κ2) is 8.81. The molecule has 3 unspecified atom stereocenters. The van der Waals surface area contributed by atoms with Gasteiger partial charge < -0.3 is 10.4 Å². The predicted molar refractivity (Wildman–Crippen MR) is 116 cm³/mol. The fourth-order valence-corrected chi connectivity index (χ4v) is 4.85. The molecule has 0 bridgehead atoms. The molecule has 0 amide bonds. The third-order valence-corrected chi connectivity index (χ3v) is 6.49. The number of nitrogens with zero attached hydrogens (tertiary/aromatic N) is 3. The van der Waals surface area contributed by atoms with Crippen LogP contribution in [-0.2, 0) is 13.0 Å². The van der Waals surface area contributed by atoms with Gasteiger partial charge in [0.05, 0.1) is 5.69 Å². The molecule has 0 saturated carbocycles. The number of aliphatic hydroxyl groups is 1. The zero-order chi connectivity index (χ0) is 20.3. The summed E-state index contributed by atoms with van der Waals surface area (Å²) in [5, 5.41) is 25.7. The Morgan fingerprint density at radius 2 is 2.10 bits per heavy atom. The Balaban J connectivity index is 1.24. The van der Waals surface area contributed by atoms with Gasteiger partial charge in [0.2, 0.25) is 0 Å². The first-order valence-electron chi connectivity index (χ1n) is 11.0. The largest absolute Gasteiger partial charge is 0.365 e. The maximum atomic E-state index is 11.0. The molecule has 2 aromatic rings. The number of fused-ring (bicyclic) bond motifs is 1. The van der Waals surface area contributed by atoms with Crippen LogP contribution in [0.2, 0.25) is 0 Å². The molecule has 2 aliphatic heterocycles. The highest BCUT2D eigenvalue weighted by Crippen LogP contribution is 2.29. The van der Waals surface area contributed by atoms with Crippen LogP contribution in [0.5, 0.6) is 0 Å². The Morgan fingerprint density at radius 1 is 1.20 bits per heavy atom. The lowest BCUT2D eigenvalue weighted by molar-refractivity contribution is -0.0412. The van der Waals surface area contributed by atoms with Gasteiger partial charge in [-0.2, -0.15) is 5.10 Å². The van der Waals surface area contributed by atoms with Crippen LogP contribution in [0.3, 0.4) is 0 Å². The zero-order valence-corrected chi connectivity index (χ0v) is 17.2. The molecule has 4 N–H and O–H groups in total. The average Bonchev–Trinajstić information content (AvgIpc) is 3.24. The highest BCUT2D eigenvalue weighted by Gasteiger charge is 2.30. The summed E-state index contributed by atoms with van der Waals surface area (Å²) in [4.78, 5) is 6.21. The first kappa shape index (κ1) is 19.6. The SMILES string of the molecule is OC(NC1CNCC(C2=CCCC=C2)C1)N1CCc2[nH]nc(-c3ccncc3)c2C1. The van der Waals surface area contributed by atoms with Gasteiger partial charge in [-0.1, -0.05) is 18.2 Å². The molecule has 2 aromatic heterocycles. The maximum absolute atomic E-state index is 11.0. The van der Waals surface area contributed by atoms with Gasteiger partial charge in [0, 0.05) is 67.9 Å². The van der Waals surface area contributed by atoms with Crippen molar-refractivity contribution in [1.82, 2.24) is 30.7 Å². The van der Waals surface area contributed by atoms with Crippen LogP contribution in [0.4, 0.5) is 0 Å². The summed E-state index contributed by atoms with van der Waals surface area (Å²) in [5.41, 5.74) is 5.79. The molecule has 1 aliphatic carbocycles. The second-order valence-corrected chi connectivity index (χ2v) is 8.50. The number of nitrogens with one attached hydrogen (secondary N) is 3. The number of aromatic nitrogens is 3. The second-order valence-electron chi connectivity index (χ2n) is 8.50. The Kier molecular flexibility index (Phi) is 5.77. The number of H-pyrrole nitrogens is 1. The van der Waals surface area contributed by atoms with E-state index in [0.29, 0.717) is 12.5 Å². The van der Waals surface area contributed by atoms with Crippen LogP contribution in [0.1, 0.15) is 30.5 Å². The van der Waals surface area contributed by atoms with E-state index < -0.39 is 6.35 Å². The topological polar surface area (TPSA) is 89.1 Å². The van der Waals surface area contributed by atoms with E-state index in [-0.39, 0.29) is 6.04 Å². The summed E-state index contributed by atoms with van der Waals surface area (Å²) in [7, 11) is 0. The van der Waals surface area contributed by atoms with Crippen molar-refractivity contribution in [1.29, 1.82) is 0 Å². The van der Waals surface area contributed by atoms with Crippen LogP contribution in [0.15, 0.2) is 48.3 Å². The van der Waals surface area contributed by atoms with E-state index in [1.807, 2.05) is 12.1 Å². The van der Waals surface area contributed by atoms with Crippen LogP contribution in [-0.4, -0.2) is 57.2 Å². The molecule has 7 nitrogen and oxygen atoms in total. The van der Waals surface area contributed by atoms with E-state index in [0.717, 1.165) is 56.6 Å². The number of hydrogen-bond donors (Lipinski definition) is 4. The van der Waals surface area contributed by atoms with Crippen molar-refractivity contribution in [3.05, 3.63) is 59.6 Å². The van der Waals surface area contributed by atoms with Crippen molar-refractivity contribution in [2.45, 2.75) is 44.6 Å². The molecule has 7 heteroatoms. The van der Waals surface area contributed by atoms with E-state index in [1.165, 1.54) is 16.8 Å². The van der Waals surface area contributed by atoms with Gasteiger partial charge in [0.15, 0.2) is 6.35 Å². The van der Waals surface area contributed by atoms with E-state index in [4.69, 9.17) is 0 Å². The molecule has 0 aromatic carbocycles. The fourth-order valence-electron chi connectivity index (χ4n) is 4.85. The lowest BCUT2D eigenvalue weighted by Gasteiger charge is -2.37. The number of aliphatic hydroxyl groups excluding tert-OH is 1. The third-order valence-electron chi connectivity index (χ3n) is 6.49. The fraction of sp³-hybridized carbons (Fsp3) is 0.478. The third kappa shape index (κ3) is 4.11. The Morgan fingerprint density at radius 3 is 2.93 bits per heavy atom. The number of piperidine rings is 1. The highest BCUT2D eigenvalue weighted by molar-refractivity contribution is 5.63. The Hall–Kier alpha value is -2.32. The minimum Gasteiger partial charge on any atom is -0.365 e. The van der Waals surface area contributed by atoms with Gasteiger partial charge in [-0.15, -0.1) is 0 Å². The van der Waals surface area contributed by atoms with Crippen molar-refractivity contribution in [3.63, 3.8) is 0 Å². The number of hydrogen-bond acceptors (Lipinski definition) is 6. The minimum absolute atomic E-state index is 0.250. The summed E-state index contributed by atoms with van der Waals surface area (Å²) in [6.45, 7) is 3.38. The number of pyridine rings is 1. The van der Waals surface area contributed by atoms with Crippen LogP contribution >= 0.6 is 0 Å². The summed E-state index contributed by atoms with van der Waals surface area (Å²) in [5.74, 6) is 0.514. The van der Waals surface area contributed by atoms with Gasteiger partial charge in [-0.25, -0.2) is 0 Å². The average molecular weight is 407 g/mol. The van der Waals surface area contributed by atoms with Gasteiger partial charge in [-0.3, -0.25) is 20.3 Å². The molecule has 1 saturated heterocycles. The highest BCUT2D eigenvalue weighted by atomic mass is 16.3. The van der Waals surface area contributed by atoms with Crippen molar-refractivity contribution in [3.8, 4) is 11.3 Å². The van der Waals surface area contributed by atoms with Crippen LogP contribution < -0.4 is 10.6 Å². The Bertz CT molecular complexity index is 921. The van der Waals surface area contributed by atoms with E-state index in [9.17, 15) is 5.11 Å². The van der Waals surface area contributed by atoms with Crippen molar-refractivity contribution < 1.29 is 5.11 Å². The first-order valence-corrected chi connectivity index (χ1v) is 11.0. The Labute approximate surface area is 177 Å². The van der Waals surface area contributed by atoms with E-state index >= 15 is 0 Å². The molecule has 0 spiro atoms. The molecule has 3 atom stereocenters. The number of allylic oxidation sites excluding steroid dienone is 3. The molecule has 5 rings (SSSR count). The van der Waals surface area contributed by atoms with Crippen molar-refractivity contribution in [2.24, 2.45) is 5.92 Å². The van der Waals surface area contributed by atoms with E-state index in [2.05, 4.69) is 48.9 Å². The molecule has 30 heavy (non-hydrogen) atoms. The normalized spacial score (nSPS) is 25.6. The van der Waals surface area contributed by atoms with Gasteiger partial charge in [0.25, 0.3) is 0 Å². The van der Waals surface area contributed by atoms with Crippen molar-refractivity contribution >= 4 is 0 Å². The summed E-state index contributed by atoms with van der Waals surface area (Å²) in [6.07, 6.45) is 14.0. The minimum atomic E-state index is -0.667. The summed E-state index contributed by atoms with van der Waals surface area (Å²) in [6, 6.07) is 4.21. The lowest BCUT2D eigenvalue weighted by Crippen LogP contribution is -2.56. The van der Waals surface area contributed by atoms with E-state index in [1.54, 1.807) is 12.4 Å². The summed E-state index contributed by atoms with van der Waals surface area (Å²) >= 11 is 0. The zero-order valence-electron chi connectivity index (χ0n) is 17.2. The monoisotopic (exact) mass is 406 g/mol. The van der Waals surface area contributed by atoms with Crippen LogP contribution in [0, 0.1) is 5.92 Å². The summed E-state index contributed by atoms with van der Waals surface area (Å²) < 4.78 is 0. The predicted octanol–water partition coefficient (Wildman–Crippen LogP) is 1.95. The smallest absolute Gasteiger partial charge is 0.163 e. The quantitative estimate of drug-likeness (QED) is 0.568. The molecule has 3 aliphatic rings. The first-order chi connectivity index (χ1) is 14.8. The molecule has 1 fully saturated rings. The standard InChI is InChI=1S/C23H30N6O/c30-23(26-19-12-18(13-25-14-19)16-4-2-1-3-5-16)29-11-8-21-20(15-29)22(28-27-21)17-6-9-24-10-7-17/h2,4-7,9-10,18-19,23,25-26,30H,1,3,8,11-15H2,(H,27,28). The molecule has 0 radical (unpaired) electrons. The molecule has 4 heterocycles. The van der Waals surface area contributed by atoms with Crippen LogP contribution in [0.25, 0.3) is 11.3 Å². The van der Waals surface area contributed by atoms with Gasteiger partial charge in [-0.05, 0) is 42.9 Å².